The molecule has 0 radical (unpaired) electrons. The topological polar surface area (TPSA) is 64.7 Å². The van der Waals surface area contributed by atoms with Crippen LogP contribution in [0.4, 0.5) is 15.8 Å². The fraction of sp³-hybridized carbons (Fsp3) is 0.364. The van der Waals surface area contributed by atoms with E-state index in [9.17, 15) is 14.0 Å². The van der Waals surface area contributed by atoms with Crippen LogP contribution in [-0.2, 0) is 9.59 Å². The number of halogens is 1. The van der Waals surface area contributed by atoms with Crippen molar-refractivity contribution in [3.05, 3.63) is 59.4 Å². The molecule has 0 aromatic heterocycles. The van der Waals surface area contributed by atoms with Crippen LogP contribution in [0, 0.1) is 19.7 Å². The van der Waals surface area contributed by atoms with Crippen molar-refractivity contribution in [2.45, 2.75) is 13.8 Å². The number of amides is 2. The van der Waals surface area contributed by atoms with Gasteiger partial charge in [-0.25, -0.2) is 4.39 Å². The zero-order valence-electron chi connectivity index (χ0n) is 16.9. The van der Waals surface area contributed by atoms with Crippen LogP contribution in [0.25, 0.3) is 0 Å². The predicted octanol–water partition coefficient (Wildman–Crippen LogP) is 2.64. The van der Waals surface area contributed by atoms with E-state index in [0.29, 0.717) is 25.3 Å². The second kappa shape index (κ2) is 9.62. The van der Waals surface area contributed by atoms with Gasteiger partial charge >= 0.3 is 0 Å². The lowest BCUT2D eigenvalue weighted by Gasteiger charge is -2.33. The van der Waals surface area contributed by atoms with Gasteiger partial charge < -0.3 is 10.6 Å². The van der Waals surface area contributed by atoms with Crippen molar-refractivity contribution in [2.75, 3.05) is 49.9 Å². The molecular formula is C22H27FN4O2. The van der Waals surface area contributed by atoms with E-state index in [4.69, 9.17) is 0 Å². The molecule has 2 amide bonds. The van der Waals surface area contributed by atoms with Gasteiger partial charge in [0.1, 0.15) is 5.82 Å². The van der Waals surface area contributed by atoms with E-state index in [0.717, 1.165) is 24.3 Å². The van der Waals surface area contributed by atoms with Gasteiger partial charge in [0, 0.05) is 37.6 Å². The Balaban J connectivity index is 1.40. The monoisotopic (exact) mass is 398 g/mol. The van der Waals surface area contributed by atoms with Gasteiger partial charge in [0.25, 0.3) is 0 Å². The maximum Gasteiger partial charge on any atom is 0.238 e. The number of rotatable bonds is 6. The summed E-state index contributed by atoms with van der Waals surface area (Å²) in [5.74, 6) is -0.488. The zero-order chi connectivity index (χ0) is 20.8. The van der Waals surface area contributed by atoms with Crippen LogP contribution in [0.15, 0.2) is 42.5 Å². The molecule has 0 atom stereocenters. The van der Waals surface area contributed by atoms with Gasteiger partial charge in [0.2, 0.25) is 11.8 Å². The van der Waals surface area contributed by atoms with E-state index < -0.39 is 0 Å². The molecule has 2 N–H and O–H groups in total. The van der Waals surface area contributed by atoms with E-state index in [-0.39, 0.29) is 24.2 Å². The van der Waals surface area contributed by atoms with E-state index in [1.807, 2.05) is 32.0 Å². The highest BCUT2D eigenvalue weighted by atomic mass is 19.1. The molecule has 0 aliphatic carbocycles. The van der Waals surface area contributed by atoms with Crippen LogP contribution in [-0.4, -0.2) is 60.9 Å². The molecule has 1 aliphatic heterocycles. The first-order valence-corrected chi connectivity index (χ1v) is 9.76. The van der Waals surface area contributed by atoms with Gasteiger partial charge in [-0.2, -0.15) is 0 Å². The molecule has 2 aromatic rings. The summed E-state index contributed by atoms with van der Waals surface area (Å²) in [5, 5.41) is 5.75. The number of carbonyl (C=O) groups is 2. The molecule has 0 saturated carbocycles. The Hall–Kier alpha value is -2.77. The minimum Gasteiger partial charge on any atom is -0.325 e. The summed E-state index contributed by atoms with van der Waals surface area (Å²) in [6, 6.07) is 11.7. The Morgan fingerprint density at radius 1 is 0.862 bits per heavy atom. The number of carbonyl (C=O) groups excluding carboxylic acids is 2. The van der Waals surface area contributed by atoms with Gasteiger partial charge in [0.05, 0.1) is 13.1 Å². The van der Waals surface area contributed by atoms with Crippen molar-refractivity contribution in [2.24, 2.45) is 0 Å². The van der Waals surface area contributed by atoms with Crippen molar-refractivity contribution < 1.29 is 14.0 Å². The lowest BCUT2D eigenvalue weighted by molar-refractivity contribution is -0.120. The average Bonchev–Trinajstić information content (AvgIpc) is 2.67. The first-order chi connectivity index (χ1) is 13.9. The van der Waals surface area contributed by atoms with Crippen LogP contribution in [0.1, 0.15) is 11.1 Å². The number of hydrogen-bond acceptors (Lipinski definition) is 4. The van der Waals surface area contributed by atoms with Crippen molar-refractivity contribution in [1.29, 1.82) is 0 Å². The Bertz CT molecular complexity index is 862. The quantitative estimate of drug-likeness (QED) is 0.785. The molecule has 1 saturated heterocycles. The van der Waals surface area contributed by atoms with E-state index in [1.165, 1.54) is 17.7 Å². The summed E-state index contributed by atoms with van der Waals surface area (Å²) in [4.78, 5) is 28.7. The number of piperazine rings is 1. The Kier molecular flexibility index (Phi) is 6.95. The second-order valence-electron chi connectivity index (χ2n) is 7.47. The molecule has 1 heterocycles. The van der Waals surface area contributed by atoms with Gasteiger partial charge in [-0.1, -0.05) is 17.7 Å². The predicted molar refractivity (Wildman–Crippen MR) is 112 cm³/mol. The smallest absolute Gasteiger partial charge is 0.238 e. The van der Waals surface area contributed by atoms with Gasteiger partial charge in [-0.05, 0) is 49.7 Å². The molecule has 1 fully saturated rings. The molecule has 0 unspecified atom stereocenters. The molecule has 6 nitrogen and oxygen atoms in total. The minimum atomic E-state index is -0.333. The third kappa shape index (κ3) is 6.37. The Morgan fingerprint density at radius 2 is 1.41 bits per heavy atom. The first kappa shape index (κ1) is 21.0. The summed E-state index contributed by atoms with van der Waals surface area (Å²) in [6.07, 6.45) is 0. The second-order valence-corrected chi connectivity index (χ2v) is 7.47. The van der Waals surface area contributed by atoms with Gasteiger partial charge in [0.15, 0.2) is 0 Å². The largest absolute Gasteiger partial charge is 0.325 e. The fourth-order valence-corrected chi connectivity index (χ4v) is 3.39. The zero-order valence-corrected chi connectivity index (χ0v) is 16.9. The van der Waals surface area contributed by atoms with Crippen molar-refractivity contribution in [1.82, 2.24) is 9.80 Å². The SMILES string of the molecule is Cc1ccc(NC(=O)CN2CCN(CC(=O)Nc3ccc(F)cc3)CC2)c(C)c1. The molecule has 1 aliphatic rings. The normalized spacial score (nSPS) is 15.1. The molecular weight excluding hydrogens is 371 g/mol. The number of benzene rings is 2. The minimum absolute atomic E-state index is 0.0283. The molecule has 7 heteroatoms. The Morgan fingerprint density at radius 3 is 1.97 bits per heavy atom. The number of anilines is 2. The summed E-state index contributed by atoms with van der Waals surface area (Å²) in [7, 11) is 0. The molecule has 2 aromatic carbocycles. The van der Waals surface area contributed by atoms with Crippen LogP contribution in [0.5, 0.6) is 0 Å². The third-order valence-corrected chi connectivity index (χ3v) is 4.98. The molecule has 29 heavy (non-hydrogen) atoms. The highest BCUT2D eigenvalue weighted by Crippen LogP contribution is 2.16. The number of hydrogen-bond donors (Lipinski definition) is 2. The summed E-state index contributed by atoms with van der Waals surface area (Å²) in [5.41, 5.74) is 3.64. The van der Waals surface area contributed by atoms with Crippen LogP contribution < -0.4 is 10.6 Å². The lowest BCUT2D eigenvalue weighted by Crippen LogP contribution is -2.50. The number of aryl methyl sites for hydroxylation is 2. The van der Waals surface area contributed by atoms with Crippen molar-refractivity contribution >= 4 is 23.2 Å². The molecule has 0 spiro atoms. The molecule has 3 rings (SSSR count). The summed E-state index contributed by atoms with van der Waals surface area (Å²) >= 11 is 0. The molecule has 154 valence electrons. The first-order valence-electron chi connectivity index (χ1n) is 9.76. The van der Waals surface area contributed by atoms with Crippen LogP contribution in [0.3, 0.4) is 0 Å². The van der Waals surface area contributed by atoms with E-state index >= 15 is 0 Å². The third-order valence-electron chi connectivity index (χ3n) is 4.98. The van der Waals surface area contributed by atoms with E-state index in [2.05, 4.69) is 20.4 Å². The summed E-state index contributed by atoms with van der Waals surface area (Å²) < 4.78 is 12.9. The average molecular weight is 398 g/mol. The van der Waals surface area contributed by atoms with E-state index in [1.54, 1.807) is 12.1 Å². The van der Waals surface area contributed by atoms with Gasteiger partial charge in [-0.15, -0.1) is 0 Å². The lowest BCUT2D eigenvalue weighted by atomic mass is 10.1. The summed E-state index contributed by atoms with van der Waals surface area (Å²) in [6.45, 7) is 7.51. The number of nitrogens with zero attached hydrogens (tertiary/aromatic N) is 2. The maximum absolute atomic E-state index is 12.9. The van der Waals surface area contributed by atoms with Crippen molar-refractivity contribution in [3.63, 3.8) is 0 Å². The molecule has 0 bridgehead atoms. The fourth-order valence-electron chi connectivity index (χ4n) is 3.39. The Labute approximate surface area is 170 Å². The van der Waals surface area contributed by atoms with Crippen LogP contribution in [0.2, 0.25) is 0 Å². The highest BCUT2D eigenvalue weighted by molar-refractivity contribution is 5.93. The van der Waals surface area contributed by atoms with Crippen LogP contribution >= 0.6 is 0 Å². The van der Waals surface area contributed by atoms with Gasteiger partial charge in [-0.3, -0.25) is 19.4 Å². The number of nitrogens with one attached hydrogen (secondary N) is 2. The maximum atomic E-state index is 12.9. The highest BCUT2D eigenvalue weighted by Gasteiger charge is 2.21. The van der Waals surface area contributed by atoms with Crippen molar-refractivity contribution in [3.8, 4) is 0 Å². The standard InChI is InChI=1S/C22H27FN4O2/c1-16-3-8-20(17(2)13-16)25-22(29)15-27-11-9-26(10-12-27)14-21(28)24-19-6-4-18(23)5-7-19/h3-8,13H,9-12,14-15H2,1-2H3,(H,24,28)(H,25,29).